The summed E-state index contributed by atoms with van der Waals surface area (Å²) in [6, 6.07) is 13.7. The van der Waals surface area contributed by atoms with E-state index in [1.807, 2.05) is 56.3 Å². The third-order valence-corrected chi connectivity index (χ3v) is 9.35. The van der Waals surface area contributed by atoms with E-state index in [-0.39, 0.29) is 24.3 Å². The van der Waals surface area contributed by atoms with Crippen LogP contribution < -0.4 is 10.6 Å². The van der Waals surface area contributed by atoms with Crippen LogP contribution >= 0.6 is 11.6 Å². The molecule has 3 amide bonds. The summed E-state index contributed by atoms with van der Waals surface area (Å²) in [6.07, 6.45) is 4.71. The second-order valence-electron chi connectivity index (χ2n) is 11.3. The van der Waals surface area contributed by atoms with Gasteiger partial charge in [0, 0.05) is 18.8 Å². The van der Waals surface area contributed by atoms with Crippen LogP contribution in [0.15, 0.2) is 48.5 Å². The Morgan fingerprint density at radius 2 is 1.77 bits per heavy atom. The molecule has 3 aliphatic heterocycles. The Morgan fingerprint density at radius 3 is 2.48 bits per heavy atom. The Kier molecular flexibility index (Phi) is 8.22. The number of aliphatic hydroxyl groups excluding tert-OH is 1. The highest BCUT2D eigenvalue weighted by atomic mass is 35.5. The van der Waals surface area contributed by atoms with E-state index in [1.165, 1.54) is 0 Å². The summed E-state index contributed by atoms with van der Waals surface area (Å²) >= 11 is 6.45. The molecule has 2 bridgehead atoms. The number of fused-ring (bicyclic) bond motifs is 1. The van der Waals surface area contributed by atoms with Gasteiger partial charge in [-0.25, -0.2) is 0 Å². The van der Waals surface area contributed by atoms with Crippen molar-refractivity contribution in [1.29, 1.82) is 0 Å². The van der Waals surface area contributed by atoms with Gasteiger partial charge in [-0.1, -0.05) is 61.7 Å². The quantitative estimate of drug-likeness (QED) is 0.334. The van der Waals surface area contributed by atoms with Gasteiger partial charge in [-0.05, 0) is 62.8 Å². The molecule has 2 unspecified atom stereocenters. The highest BCUT2D eigenvalue weighted by Gasteiger charge is 2.78. The minimum Gasteiger partial charge on any atom is -0.396 e. The van der Waals surface area contributed by atoms with Gasteiger partial charge in [-0.15, -0.1) is 0 Å². The Balaban J connectivity index is 1.49. The number of hydrogen-bond donors (Lipinski definition) is 3. The van der Waals surface area contributed by atoms with Crippen molar-refractivity contribution in [2.24, 2.45) is 11.8 Å². The first-order valence-electron chi connectivity index (χ1n) is 14.3. The van der Waals surface area contributed by atoms with Gasteiger partial charge in [0.2, 0.25) is 17.7 Å². The second kappa shape index (κ2) is 11.5. The van der Waals surface area contributed by atoms with E-state index in [0.717, 1.165) is 18.4 Å². The molecule has 0 aromatic heterocycles. The number of halogens is 1. The number of likely N-dealkylation sites (tertiary alicyclic amines) is 1. The predicted octanol–water partition coefficient (Wildman–Crippen LogP) is 4.93. The molecule has 8 nitrogen and oxygen atoms in total. The fraction of sp³-hybridized carbons (Fsp3) is 0.516. The van der Waals surface area contributed by atoms with E-state index in [2.05, 4.69) is 10.6 Å². The number of aliphatic hydroxyl groups is 1. The minimum atomic E-state index is -1.10. The standard InChI is InChI=1S/C31H38ClN3O5/c1-3-30-16-17-31(40-30)24(23(30)27(37)33-21-13-7-6-8-14-21)29(39)35(18-9-4-5-10-19-36)26(31)28(38)34-25-20(2)12-11-15-22(25)32/h6-8,11-15,23-24,26,36H,3-5,9-10,16-19H2,1-2H3,(H,33,37)(H,34,38)/t23-,24-,26?,30+,31?/m0/s1. The normalized spacial score (nSPS) is 28.6. The van der Waals surface area contributed by atoms with Crippen LogP contribution in [0.1, 0.15) is 57.4 Å². The van der Waals surface area contributed by atoms with Gasteiger partial charge in [0.25, 0.3) is 0 Å². The predicted molar refractivity (Wildman–Crippen MR) is 154 cm³/mol. The smallest absolute Gasteiger partial charge is 0.250 e. The number of anilines is 2. The maximum absolute atomic E-state index is 14.2. The third kappa shape index (κ3) is 4.80. The van der Waals surface area contributed by atoms with E-state index in [1.54, 1.807) is 11.0 Å². The molecule has 3 aliphatic rings. The molecular weight excluding hydrogens is 530 g/mol. The van der Waals surface area contributed by atoms with Crippen LogP contribution in [0.5, 0.6) is 0 Å². The molecule has 5 rings (SSSR count). The van der Waals surface area contributed by atoms with Crippen molar-refractivity contribution >= 4 is 40.7 Å². The number of benzene rings is 2. The van der Waals surface area contributed by atoms with Crippen molar-refractivity contribution in [1.82, 2.24) is 4.90 Å². The highest BCUT2D eigenvalue weighted by Crippen LogP contribution is 2.64. The Hall–Kier alpha value is -2.94. The molecule has 0 saturated carbocycles. The van der Waals surface area contributed by atoms with E-state index in [9.17, 15) is 14.4 Å². The molecule has 2 aromatic rings. The summed E-state index contributed by atoms with van der Waals surface area (Å²) in [7, 11) is 0. The van der Waals surface area contributed by atoms with Gasteiger partial charge in [0.15, 0.2) is 0 Å². The Morgan fingerprint density at radius 1 is 1.02 bits per heavy atom. The van der Waals surface area contributed by atoms with Crippen LogP contribution in [0.4, 0.5) is 11.4 Å². The van der Waals surface area contributed by atoms with Gasteiger partial charge in [0.05, 0.1) is 28.1 Å². The van der Waals surface area contributed by atoms with E-state index in [0.29, 0.717) is 55.0 Å². The number of ether oxygens (including phenoxy) is 1. The summed E-state index contributed by atoms with van der Waals surface area (Å²) in [5.41, 5.74) is 0.0729. The van der Waals surface area contributed by atoms with Gasteiger partial charge in [-0.2, -0.15) is 0 Å². The van der Waals surface area contributed by atoms with E-state index < -0.39 is 29.1 Å². The van der Waals surface area contributed by atoms with Gasteiger partial charge in [-0.3, -0.25) is 14.4 Å². The lowest BCUT2D eigenvalue weighted by molar-refractivity contribution is -0.144. The summed E-state index contributed by atoms with van der Waals surface area (Å²) in [5.74, 6) is -2.28. The van der Waals surface area contributed by atoms with Crippen molar-refractivity contribution in [2.75, 3.05) is 23.8 Å². The van der Waals surface area contributed by atoms with Crippen molar-refractivity contribution in [3.05, 3.63) is 59.1 Å². The average Bonchev–Trinajstić information content (AvgIpc) is 3.55. The molecule has 40 heavy (non-hydrogen) atoms. The van der Waals surface area contributed by atoms with Crippen LogP contribution in [-0.4, -0.2) is 58.1 Å². The first-order valence-corrected chi connectivity index (χ1v) is 14.7. The largest absolute Gasteiger partial charge is 0.396 e. The number of nitrogens with zero attached hydrogens (tertiary/aromatic N) is 1. The van der Waals surface area contributed by atoms with E-state index >= 15 is 0 Å². The molecule has 214 valence electrons. The van der Waals surface area contributed by atoms with Gasteiger partial charge < -0.3 is 25.4 Å². The zero-order chi connectivity index (χ0) is 28.5. The molecule has 3 saturated heterocycles. The molecule has 0 aliphatic carbocycles. The molecule has 0 radical (unpaired) electrons. The van der Waals surface area contributed by atoms with Gasteiger partial charge >= 0.3 is 0 Å². The fourth-order valence-electron chi connectivity index (χ4n) is 7.13. The summed E-state index contributed by atoms with van der Waals surface area (Å²) in [5, 5.41) is 15.6. The molecule has 5 atom stereocenters. The SMILES string of the molecule is CC[C@]12CCC3(O1)C(C(=O)Nc1c(C)cccc1Cl)N(CCCCCCO)C(=O)[C@@H]3[C@H]2C(=O)Nc1ccccc1. The molecule has 1 spiro atoms. The minimum absolute atomic E-state index is 0.126. The molecule has 9 heteroatoms. The van der Waals surface area contributed by atoms with Crippen LogP contribution in [0.3, 0.4) is 0 Å². The summed E-state index contributed by atoms with van der Waals surface area (Å²) in [4.78, 5) is 43.8. The number of hydrogen-bond acceptors (Lipinski definition) is 5. The number of aryl methyl sites for hydroxylation is 1. The number of carbonyl (C=O) groups excluding carboxylic acids is 3. The van der Waals surface area contributed by atoms with Crippen LogP contribution in [0.2, 0.25) is 5.02 Å². The topological polar surface area (TPSA) is 108 Å². The first kappa shape index (κ1) is 28.6. The molecular formula is C31H38ClN3O5. The average molecular weight is 568 g/mol. The number of unbranched alkanes of at least 4 members (excludes halogenated alkanes) is 3. The lowest BCUT2D eigenvalue weighted by Crippen LogP contribution is -2.53. The lowest BCUT2D eigenvalue weighted by Gasteiger charge is -2.34. The van der Waals surface area contributed by atoms with Crippen molar-refractivity contribution in [3.8, 4) is 0 Å². The maximum Gasteiger partial charge on any atom is 0.250 e. The molecule has 3 heterocycles. The molecule has 2 aromatic carbocycles. The lowest BCUT2D eigenvalue weighted by atomic mass is 9.65. The monoisotopic (exact) mass is 567 g/mol. The van der Waals surface area contributed by atoms with Crippen LogP contribution in [0, 0.1) is 18.8 Å². The number of nitrogens with one attached hydrogen (secondary N) is 2. The maximum atomic E-state index is 14.2. The second-order valence-corrected chi connectivity index (χ2v) is 11.7. The van der Waals surface area contributed by atoms with Crippen molar-refractivity contribution < 1.29 is 24.2 Å². The Labute approximate surface area is 240 Å². The van der Waals surface area contributed by atoms with E-state index in [4.69, 9.17) is 21.4 Å². The number of para-hydroxylation sites is 2. The number of amides is 3. The molecule has 3 N–H and O–H groups in total. The molecule has 3 fully saturated rings. The van der Waals surface area contributed by atoms with Gasteiger partial charge in [0.1, 0.15) is 11.6 Å². The highest BCUT2D eigenvalue weighted by molar-refractivity contribution is 6.34. The van der Waals surface area contributed by atoms with Crippen molar-refractivity contribution in [3.63, 3.8) is 0 Å². The number of carbonyl (C=O) groups is 3. The third-order valence-electron chi connectivity index (χ3n) is 9.03. The zero-order valence-electron chi connectivity index (χ0n) is 23.1. The van der Waals surface area contributed by atoms with Crippen molar-refractivity contribution in [2.45, 2.75) is 76.0 Å². The van der Waals surface area contributed by atoms with Crippen LogP contribution in [0.25, 0.3) is 0 Å². The zero-order valence-corrected chi connectivity index (χ0v) is 23.9. The van der Waals surface area contributed by atoms with Crippen LogP contribution in [-0.2, 0) is 19.1 Å². The summed E-state index contributed by atoms with van der Waals surface area (Å²) < 4.78 is 6.82. The Bertz CT molecular complexity index is 1250. The first-order chi connectivity index (χ1) is 19.3. The fourth-order valence-corrected chi connectivity index (χ4v) is 7.40. The number of rotatable bonds is 11. The summed E-state index contributed by atoms with van der Waals surface area (Å²) in [6.45, 7) is 4.35.